The summed E-state index contributed by atoms with van der Waals surface area (Å²) in [6, 6.07) is 8.64. The van der Waals surface area contributed by atoms with E-state index in [4.69, 9.17) is 4.74 Å². The van der Waals surface area contributed by atoms with Gasteiger partial charge in [-0.25, -0.2) is 0 Å². The van der Waals surface area contributed by atoms with Gasteiger partial charge in [-0.3, -0.25) is 14.4 Å². The zero-order valence-electron chi connectivity index (χ0n) is 16.2. The number of nitrogens with zero attached hydrogens (tertiary/aromatic N) is 3. The van der Waals surface area contributed by atoms with Crippen LogP contribution in [0.2, 0.25) is 0 Å². The minimum Gasteiger partial charge on any atom is -0.506 e. The molecule has 1 aromatic carbocycles. The lowest BCUT2D eigenvalue weighted by molar-refractivity contribution is -0.141. The maximum atomic E-state index is 12.6. The summed E-state index contributed by atoms with van der Waals surface area (Å²) in [6.45, 7) is 3.22. The van der Waals surface area contributed by atoms with Gasteiger partial charge in [-0.2, -0.15) is 10.2 Å². The molecule has 3 aromatic rings. The Bertz CT molecular complexity index is 1150. The Kier molecular flexibility index (Phi) is 5.58. The lowest BCUT2D eigenvalue weighted by atomic mass is 10.0. The summed E-state index contributed by atoms with van der Waals surface area (Å²) in [5, 5.41) is 21.4. The number of esters is 1. The average molecular weight is 396 g/mol. The standard InChI is InChI=1S/C20H20N4O5/c1-4-29-16(25)10-21-19(27)17-18(26)13-9-12(14-7-5-11(2)22-23-14)6-8-15(13)24(3)20(17)28/h5-9,26H,4,10H2,1-3H3,(H,21,27). The highest BCUT2D eigenvalue weighted by Gasteiger charge is 2.22. The van der Waals surface area contributed by atoms with E-state index in [2.05, 4.69) is 15.5 Å². The minimum atomic E-state index is -0.862. The molecule has 0 fully saturated rings. The highest BCUT2D eigenvalue weighted by atomic mass is 16.5. The van der Waals surface area contributed by atoms with Crippen LogP contribution >= 0.6 is 0 Å². The molecule has 0 radical (unpaired) electrons. The van der Waals surface area contributed by atoms with Crippen LogP contribution in [0, 0.1) is 6.92 Å². The first-order valence-corrected chi connectivity index (χ1v) is 8.93. The Morgan fingerprint density at radius 3 is 2.62 bits per heavy atom. The fourth-order valence-corrected chi connectivity index (χ4v) is 2.90. The van der Waals surface area contributed by atoms with E-state index < -0.39 is 35.3 Å². The Hall–Kier alpha value is -3.75. The molecule has 1 amide bonds. The molecule has 0 atom stereocenters. The second kappa shape index (κ2) is 8.09. The van der Waals surface area contributed by atoms with Gasteiger partial charge in [0.15, 0.2) is 0 Å². The van der Waals surface area contributed by atoms with E-state index in [1.54, 1.807) is 37.3 Å². The summed E-state index contributed by atoms with van der Waals surface area (Å²) in [5.74, 6) is -1.97. The van der Waals surface area contributed by atoms with E-state index in [-0.39, 0.29) is 6.61 Å². The number of aryl methyl sites for hydroxylation is 2. The van der Waals surface area contributed by atoms with Crippen LogP contribution in [-0.4, -0.2) is 44.9 Å². The van der Waals surface area contributed by atoms with E-state index in [0.717, 1.165) is 5.69 Å². The molecule has 2 N–H and O–H groups in total. The number of ether oxygens (including phenoxy) is 1. The Morgan fingerprint density at radius 1 is 1.21 bits per heavy atom. The molecule has 9 nitrogen and oxygen atoms in total. The topological polar surface area (TPSA) is 123 Å². The molecule has 2 aromatic heterocycles. The van der Waals surface area contributed by atoms with Crippen molar-refractivity contribution in [1.82, 2.24) is 20.1 Å². The van der Waals surface area contributed by atoms with Gasteiger partial charge in [0, 0.05) is 18.0 Å². The summed E-state index contributed by atoms with van der Waals surface area (Å²) in [6.07, 6.45) is 0. The lowest BCUT2D eigenvalue weighted by Crippen LogP contribution is -2.35. The number of pyridine rings is 1. The Morgan fingerprint density at radius 2 is 1.97 bits per heavy atom. The van der Waals surface area contributed by atoms with Gasteiger partial charge < -0.3 is 19.7 Å². The van der Waals surface area contributed by atoms with E-state index in [1.807, 2.05) is 6.92 Å². The fourth-order valence-electron chi connectivity index (χ4n) is 2.90. The molecule has 0 saturated heterocycles. The maximum absolute atomic E-state index is 12.6. The molecule has 0 aliphatic rings. The summed E-state index contributed by atoms with van der Waals surface area (Å²) >= 11 is 0. The van der Waals surface area contributed by atoms with Crippen molar-refractivity contribution in [3.05, 3.63) is 51.9 Å². The number of aromatic hydroxyl groups is 1. The van der Waals surface area contributed by atoms with Gasteiger partial charge in [-0.15, -0.1) is 0 Å². The van der Waals surface area contributed by atoms with Gasteiger partial charge in [-0.05, 0) is 38.1 Å². The van der Waals surface area contributed by atoms with E-state index >= 15 is 0 Å². The van der Waals surface area contributed by atoms with Crippen molar-refractivity contribution in [1.29, 1.82) is 0 Å². The third-order valence-corrected chi connectivity index (χ3v) is 4.39. The zero-order chi connectivity index (χ0) is 21.1. The SMILES string of the molecule is CCOC(=O)CNC(=O)c1c(O)c2cc(-c3ccc(C)nn3)ccc2n(C)c1=O. The molecule has 0 saturated carbocycles. The quantitative estimate of drug-likeness (QED) is 0.623. The molecule has 0 spiro atoms. The molecule has 0 aliphatic carbocycles. The maximum Gasteiger partial charge on any atom is 0.325 e. The van der Waals surface area contributed by atoms with Crippen molar-refractivity contribution in [2.45, 2.75) is 13.8 Å². The van der Waals surface area contributed by atoms with E-state index in [1.165, 1.54) is 11.6 Å². The normalized spacial score (nSPS) is 10.7. The fraction of sp³-hybridized carbons (Fsp3) is 0.250. The second-order valence-corrected chi connectivity index (χ2v) is 6.37. The molecule has 150 valence electrons. The average Bonchev–Trinajstić information content (AvgIpc) is 2.71. The Labute approximate surface area is 166 Å². The first kappa shape index (κ1) is 20.0. The number of carbonyl (C=O) groups is 2. The first-order valence-electron chi connectivity index (χ1n) is 8.93. The van der Waals surface area contributed by atoms with Crippen LogP contribution in [0.3, 0.4) is 0 Å². The smallest absolute Gasteiger partial charge is 0.325 e. The molecule has 2 heterocycles. The lowest BCUT2D eigenvalue weighted by Gasteiger charge is -2.13. The molecular weight excluding hydrogens is 376 g/mol. The van der Waals surface area contributed by atoms with Gasteiger partial charge in [-0.1, -0.05) is 6.07 Å². The van der Waals surface area contributed by atoms with Crippen LogP contribution in [0.1, 0.15) is 23.0 Å². The van der Waals surface area contributed by atoms with Crippen LogP contribution in [0.5, 0.6) is 5.75 Å². The molecule has 29 heavy (non-hydrogen) atoms. The summed E-state index contributed by atoms with van der Waals surface area (Å²) in [5.41, 5.74) is 1.32. The first-order chi connectivity index (χ1) is 13.8. The highest BCUT2D eigenvalue weighted by Crippen LogP contribution is 2.30. The van der Waals surface area contributed by atoms with Crippen molar-refractivity contribution >= 4 is 22.8 Å². The minimum absolute atomic E-state index is 0.169. The molecule has 0 aliphatic heterocycles. The van der Waals surface area contributed by atoms with Crippen LogP contribution in [0.25, 0.3) is 22.2 Å². The van der Waals surface area contributed by atoms with Crippen LogP contribution in [0.4, 0.5) is 0 Å². The number of hydrogen-bond donors (Lipinski definition) is 2. The Balaban J connectivity index is 2.06. The summed E-state index contributed by atoms with van der Waals surface area (Å²) in [4.78, 5) is 36.5. The number of benzene rings is 1. The van der Waals surface area contributed by atoms with Crippen molar-refractivity contribution in [2.24, 2.45) is 7.05 Å². The number of amides is 1. The second-order valence-electron chi connectivity index (χ2n) is 6.37. The molecule has 0 bridgehead atoms. The van der Waals surface area contributed by atoms with Crippen molar-refractivity contribution in [3.8, 4) is 17.0 Å². The predicted molar refractivity (Wildman–Crippen MR) is 106 cm³/mol. The largest absolute Gasteiger partial charge is 0.506 e. The number of rotatable bonds is 5. The van der Waals surface area contributed by atoms with Crippen LogP contribution in [0.15, 0.2) is 35.1 Å². The van der Waals surface area contributed by atoms with Gasteiger partial charge >= 0.3 is 5.97 Å². The van der Waals surface area contributed by atoms with Crippen LogP contribution < -0.4 is 10.9 Å². The zero-order valence-corrected chi connectivity index (χ0v) is 16.2. The summed E-state index contributed by atoms with van der Waals surface area (Å²) < 4.78 is 6.01. The molecule has 9 heteroatoms. The van der Waals surface area contributed by atoms with Crippen LogP contribution in [-0.2, 0) is 16.6 Å². The number of aromatic nitrogens is 3. The van der Waals surface area contributed by atoms with E-state index in [0.29, 0.717) is 22.2 Å². The van der Waals surface area contributed by atoms with Crippen molar-refractivity contribution < 1.29 is 19.4 Å². The third kappa shape index (κ3) is 3.93. The van der Waals surface area contributed by atoms with Gasteiger partial charge in [0.05, 0.1) is 23.5 Å². The predicted octanol–water partition coefficient (Wildman–Crippen LogP) is 1.30. The number of hydrogen-bond acceptors (Lipinski definition) is 7. The molecule has 0 unspecified atom stereocenters. The molecular formula is C20H20N4O5. The van der Waals surface area contributed by atoms with E-state index in [9.17, 15) is 19.5 Å². The third-order valence-electron chi connectivity index (χ3n) is 4.39. The van der Waals surface area contributed by atoms with Crippen molar-refractivity contribution in [3.63, 3.8) is 0 Å². The van der Waals surface area contributed by atoms with Gasteiger partial charge in [0.2, 0.25) is 0 Å². The number of fused-ring (bicyclic) bond motifs is 1. The van der Waals surface area contributed by atoms with Gasteiger partial charge in [0.25, 0.3) is 11.5 Å². The number of carbonyl (C=O) groups excluding carboxylic acids is 2. The monoisotopic (exact) mass is 396 g/mol. The highest BCUT2D eigenvalue weighted by molar-refractivity contribution is 6.03. The molecule has 3 rings (SSSR count). The van der Waals surface area contributed by atoms with Gasteiger partial charge in [0.1, 0.15) is 17.9 Å². The summed E-state index contributed by atoms with van der Waals surface area (Å²) in [7, 11) is 1.50. The number of nitrogens with one attached hydrogen (secondary N) is 1. The van der Waals surface area contributed by atoms with Crippen molar-refractivity contribution in [2.75, 3.05) is 13.2 Å².